The van der Waals surface area contributed by atoms with Crippen LogP contribution in [0.1, 0.15) is 0 Å². The van der Waals surface area contributed by atoms with Crippen LogP contribution in [0.5, 0.6) is 0 Å². The van der Waals surface area contributed by atoms with E-state index in [9.17, 15) is 9.18 Å². The highest BCUT2D eigenvalue weighted by molar-refractivity contribution is 7.17. The zero-order valence-electron chi connectivity index (χ0n) is 15.9. The lowest BCUT2D eigenvalue weighted by molar-refractivity contribution is 0.623. The molecular formula is C22H18ClFN4OS. The van der Waals surface area contributed by atoms with Gasteiger partial charge in [-0.15, -0.1) is 11.3 Å². The number of anilines is 2. The summed E-state index contributed by atoms with van der Waals surface area (Å²) in [4.78, 5) is 24.7. The lowest BCUT2D eigenvalue weighted by Gasteiger charge is -2.36. The first-order chi connectivity index (χ1) is 14.6. The number of benzene rings is 2. The summed E-state index contributed by atoms with van der Waals surface area (Å²) in [5, 5.41) is 2.57. The summed E-state index contributed by atoms with van der Waals surface area (Å²) in [5.41, 5.74) is 3.27. The molecule has 0 bridgehead atoms. The van der Waals surface area contributed by atoms with Crippen LogP contribution < -0.4 is 15.4 Å². The minimum Gasteiger partial charge on any atom is -0.368 e. The first-order valence-electron chi connectivity index (χ1n) is 9.62. The minimum absolute atomic E-state index is 0.140. The molecule has 8 heteroatoms. The third kappa shape index (κ3) is 3.44. The average molecular weight is 441 g/mol. The normalized spacial score (nSPS) is 14.5. The van der Waals surface area contributed by atoms with Crippen LogP contribution in [-0.2, 0) is 0 Å². The zero-order valence-corrected chi connectivity index (χ0v) is 17.5. The van der Waals surface area contributed by atoms with Crippen LogP contribution in [0.3, 0.4) is 0 Å². The molecule has 152 valence electrons. The van der Waals surface area contributed by atoms with Gasteiger partial charge in [-0.05, 0) is 30.3 Å². The first-order valence-corrected chi connectivity index (χ1v) is 10.9. The topological polar surface area (TPSA) is 52.2 Å². The van der Waals surface area contributed by atoms with Crippen molar-refractivity contribution >= 4 is 44.8 Å². The van der Waals surface area contributed by atoms with Crippen molar-refractivity contribution in [2.45, 2.75) is 0 Å². The van der Waals surface area contributed by atoms with Gasteiger partial charge in [0, 0.05) is 53.4 Å². The largest absolute Gasteiger partial charge is 0.368 e. The summed E-state index contributed by atoms with van der Waals surface area (Å²) in [6.45, 7) is 2.93. The number of hydrogen-bond donors (Lipinski definition) is 1. The van der Waals surface area contributed by atoms with Gasteiger partial charge in [0.1, 0.15) is 10.5 Å². The monoisotopic (exact) mass is 440 g/mol. The highest BCUT2D eigenvalue weighted by Gasteiger charge is 2.21. The van der Waals surface area contributed by atoms with Crippen LogP contribution in [0.15, 0.2) is 58.7 Å². The molecule has 0 spiro atoms. The molecule has 0 radical (unpaired) electrons. The van der Waals surface area contributed by atoms with Crippen LogP contribution >= 0.6 is 22.9 Å². The predicted molar refractivity (Wildman–Crippen MR) is 122 cm³/mol. The molecule has 5 rings (SSSR count). The highest BCUT2D eigenvalue weighted by atomic mass is 35.5. The number of thiophene rings is 1. The summed E-state index contributed by atoms with van der Waals surface area (Å²) in [6, 6.07) is 14.1. The first kappa shape index (κ1) is 19.1. The Bertz CT molecular complexity index is 1260. The maximum Gasteiger partial charge on any atom is 0.270 e. The molecule has 1 fully saturated rings. The van der Waals surface area contributed by atoms with E-state index in [2.05, 4.69) is 14.8 Å². The summed E-state index contributed by atoms with van der Waals surface area (Å²) in [7, 11) is 0. The van der Waals surface area contributed by atoms with Crippen molar-refractivity contribution in [1.82, 2.24) is 9.97 Å². The van der Waals surface area contributed by atoms with Crippen molar-refractivity contribution in [1.29, 1.82) is 0 Å². The Labute approximate surface area is 181 Å². The number of aromatic nitrogens is 2. The Morgan fingerprint density at radius 1 is 0.967 bits per heavy atom. The summed E-state index contributed by atoms with van der Waals surface area (Å²) in [5.74, 6) is 0.329. The Morgan fingerprint density at radius 2 is 1.67 bits per heavy atom. The minimum atomic E-state index is -0.238. The number of halogens is 2. The molecule has 2 aromatic carbocycles. The fourth-order valence-electron chi connectivity index (χ4n) is 3.76. The molecule has 0 aliphatic carbocycles. The molecule has 1 saturated heterocycles. The van der Waals surface area contributed by atoms with Crippen LogP contribution in [-0.4, -0.2) is 36.1 Å². The molecule has 30 heavy (non-hydrogen) atoms. The Hall–Kier alpha value is -2.90. The van der Waals surface area contributed by atoms with E-state index in [1.807, 2.05) is 29.6 Å². The van der Waals surface area contributed by atoms with Crippen molar-refractivity contribution in [3.05, 3.63) is 75.1 Å². The molecule has 5 nitrogen and oxygen atoms in total. The summed E-state index contributed by atoms with van der Waals surface area (Å²) >= 11 is 7.76. The molecule has 0 saturated carbocycles. The summed E-state index contributed by atoms with van der Waals surface area (Å²) in [6.07, 6.45) is 0. The number of nitrogens with zero attached hydrogens (tertiary/aromatic N) is 3. The lowest BCUT2D eigenvalue weighted by atomic mass is 10.1. The van der Waals surface area contributed by atoms with E-state index in [4.69, 9.17) is 16.6 Å². The average Bonchev–Trinajstić information content (AvgIpc) is 3.19. The van der Waals surface area contributed by atoms with Crippen LogP contribution in [0.2, 0.25) is 5.02 Å². The van der Waals surface area contributed by atoms with Gasteiger partial charge in [0.2, 0.25) is 5.95 Å². The third-order valence-electron chi connectivity index (χ3n) is 5.35. The van der Waals surface area contributed by atoms with E-state index in [1.165, 1.54) is 23.5 Å². The van der Waals surface area contributed by atoms with Crippen molar-refractivity contribution in [2.24, 2.45) is 0 Å². The molecule has 4 aromatic rings. The van der Waals surface area contributed by atoms with E-state index >= 15 is 0 Å². The highest BCUT2D eigenvalue weighted by Crippen LogP contribution is 2.35. The van der Waals surface area contributed by atoms with Gasteiger partial charge in [-0.1, -0.05) is 29.8 Å². The van der Waals surface area contributed by atoms with Crippen molar-refractivity contribution in [2.75, 3.05) is 36.0 Å². The molecule has 2 aromatic heterocycles. The van der Waals surface area contributed by atoms with Gasteiger partial charge in [0.05, 0.1) is 5.52 Å². The Morgan fingerprint density at radius 3 is 2.40 bits per heavy atom. The van der Waals surface area contributed by atoms with E-state index in [0.29, 0.717) is 34.3 Å². The van der Waals surface area contributed by atoms with Gasteiger partial charge < -0.3 is 9.80 Å². The predicted octanol–water partition coefficient (Wildman–Crippen LogP) is 4.77. The maximum absolute atomic E-state index is 13.2. The molecular weight excluding hydrogens is 423 g/mol. The standard InChI is InChI=1S/C22H18ClFN4OS/c23-18-4-2-1-3-16(18)17-13-30-20-19(17)25-22(26-21(20)29)28-11-9-27(10-12-28)15-7-5-14(24)6-8-15/h1-8,13H,9-12H2,(H,25,26,29). The van der Waals surface area contributed by atoms with E-state index in [-0.39, 0.29) is 11.4 Å². The van der Waals surface area contributed by atoms with Gasteiger partial charge >= 0.3 is 0 Å². The van der Waals surface area contributed by atoms with E-state index in [1.54, 1.807) is 12.1 Å². The molecule has 0 amide bonds. The molecule has 1 aliphatic rings. The van der Waals surface area contributed by atoms with Crippen LogP contribution in [0, 0.1) is 5.82 Å². The second-order valence-electron chi connectivity index (χ2n) is 7.15. The number of nitrogens with one attached hydrogen (secondary N) is 1. The van der Waals surface area contributed by atoms with Gasteiger partial charge in [-0.25, -0.2) is 9.37 Å². The Balaban J connectivity index is 1.44. The fraction of sp³-hybridized carbons (Fsp3) is 0.182. The second-order valence-corrected chi connectivity index (χ2v) is 8.43. The number of H-pyrrole nitrogens is 1. The van der Waals surface area contributed by atoms with Gasteiger partial charge in [-0.2, -0.15) is 0 Å². The number of rotatable bonds is 3. The lowest BCUT2D eigenvalue weighted by Crippen LogP contribution is -2.47. The number of hydrogen-bond acceptors (Lipinski definition) is 5. The zero-order chi connectivity index (χ0) is 20.7. The molecule has 3 heterocycles. The third-order valence-corrected chi connectivity index (χ3v) is 6.65. The number of piperazine rings is 1. The van der Waals surface area contributed by atoms with Crippen LogP contribution in [0.25, 0.3) is 21.3 Å². The van der Waals surface area contributed by atoms with Crippen molar-refractivity contribution in [3.8, 4) is 11.1 Å². The molecule has 0 unspecified atom stereocenters. The maximum atomic E-state index is 13.2. The second kappa shape index (κ2) is 7.74. The summed E-state index contributed by atoms with van der Waals surface area (Å²) < 4.78 is 13.8. The Kier molecular flexibility index (Phi) is 4.92. The van der Waals surface area contributed by atoms with Crippen molar-refractivity contribution in [3.63, 3.8) is 0 Å². The van der Waals surface area contributed by atoms with E-state index in [0.717, 1.165) is 29.9 Å². The molecule has 1 N–H and O–H groups in total. The fourth-order valence-corrected chi connectivity index (χ4v) is 4.90. The van der Waals surface area contributed by atoms with Crippen LogP contribution in [0.4, 0.5) is 16.0 Å². The molecule has 0 atom stereocenters. The van der Waals surface area contributed by atoms with Gasteiger partial charge in [0.25, 0.3) is 5.56 Å². The quantitative estimate of drug-likeness (QED) is 0.498. The smallest absolute Gasteiger partial charge is 0.270 e. The van der Waals surface area contributed by atoms with Gasteiger partial charge in [-0.3, -0.25) is 9.78 Å². The SMILES string of the molecule is O=c1[nH]c(N2CCN(c3ccc(F)cc3)CC2)nc2c(-c3ccccc3Cl)csc12. The number of aromatic amines is 1. The number of fused-ring (bicyclic) bond motifs is 1. The van der Waals surface area contributed by atoms with Gasteiger partial charge in [0.15, 0.2) is 0 Å². The van der Waals surface area contributed by atoms with E-state index < -0.39 is 0 Å². The molecule has 1 aliphatic heterocycles. The van der Waals surface area contributed by atoms with Crippen molar-refractivity contribution < 1.29 is 4.39 Å².